The number of hydrogen-bond acceptors (Lipinski definition) is 2. The smallest absolute Gasteiger partial charge is 0.240 e. The minimum absolute atomic E-state index is 0.0218. The fourth-order valence-electron chi connectivity index (χ4n) is 4.39. The molecule has 2 aliphatic rings. The van der Waals surface area contributed by atoms with Crippen LogP contribution in [0.3, 0.4) is 0 Å². The van der Waals surface area contributed by atoms with Gasteiger partial charge in [0.1, 0.15) is 5.41 Å². The highest BCUT2D eigenvalue weighted by Gasteiger charge is 2.41. The molecule has 0 aromatic heterocycles. The van der Waals surface area contributed by atoms with Crippen molar-refractivity contribution in [3.05, 3.63) is 0 Å². The fraction of sp³-hybridized carbons (Fsp3) is 0.882. The van der Waals surface area contributed by atoms with Crippen molar-refractivity contribution in [3.63, 3.8) is 0 Å². The maximum atomic E-state index is 12.5. The first-order valence-corrected chi connectivity index (χ1v) is 8.34. The van der Waals surface area contributed by atoms with Crippen molar-refractivity contribution in [1.29, 1.82) is 5.26 Å². The van der Waals surface area contributed by atoms with E-state index in [1.807, 2.05) is 13.8 Å². The van der Waals surface area contributed by atoms with Gasteiger partial charge in [0.15, 0.2) is 0 Å². The lowest BCUT2D eigenvalue weighted by molar-refractivity contribution is -0.129. The molecule has 0 aromatic rings. The maximum absolute atomic E-state index is 12.5. The van der Waals surface area contributed by atoms with Gasteiger partial charge in [-0.15, -0.1) is 0 Å². The number of rotatable bonds is 7. The molecule has 112 valence electrons. The van der Waals surface area contributed by atoms with E-state index in [2.05, 4.69) is 11.4 Å². The molecule has 2 bridgehead atoms. The first kappa shape index (κ1) is 15.4. The van der Waals surface area contributed by atoms with Crippen LogP contribution < -0.4 is 5.32 Å². The zero-order valence-electron chi connectivity index (χ0n) is 13.0. The van der Waals surface area contributed by atoms with Crippen LogP contribution >= 0.6 is 0 Å². The van der Waals surface area contributed by atoms with Gasteiger partial charge in [0.05, 0.1) is 6.07 Å². The molecule has 3 unspecified atom stereocenters. The topological polar surface area (TPSA) is 52.9 Å². The third kappa shape index (κ3) is 3.00. The number of fused-ring (bicyclic) bond motifs is 2. The molecule has 2 aliphatic carbocycles. The molecule has 0 aromatic carbocycles. The molecule has 2 saturated carbocycles. The Labute approximate surface area is 123 Å². The summed E-state index contributed by atoms with van der Waals surface area (Å²) in [5.41, 5.74) is -0.791. The van der Waals surface area contributed by atoms with Crippen molar-refractivity contribution >= 4 is 5.91 Å². The summed E-state index contributed by atoms with van der Waals surface area (Å²) in [4.78, 5) is 12.5. The summed E-state index contributed by atoms with van der Waals surface area (Å²) >= 11 is 0. The van der Waals surface area contributed by atoms with E-state index in [0.29, 0.717) is 18.8 Å². The van der Waals surface area contributed by atoms with Crippen LogP contribution in [0.4, 0.5) is 0 Å². The van der Waals surface area contributed by atoms with Gasteiger partial charge in [-0.05, 0) is 49.9 Å². The SMILES string of the molecule is CCCC(C#N)(CCC)C(=O)NCC1CC2CCC1C2. The molecule has 2 fully saturated rings. The molecule has 0 radical (unpaired) electrons. The second kappa shape index (κ2) is 6.61. The molecule has 1 amide bonds. The molecule has 0 spiro atoms. The monoisotopic (exact) mass is 276 g/mol. The third-order valence-electron chi connectivity index (χ3n) is 5.41. The van der Waals surface area contributed by atoms with Gasteiger partial charge in [-0.1, -0.05) is 33.1 Å². The van der Waals surface area contributed by atoms with E-state index in [9.17, 15) is 10.1 Å². The quantitative estimate of drug-likeness (QED) is 0.771. The lowest BCUT2D eigenvalue weighted by Gasteiger charge is -2.27. The number of amides is 1. The molecule has 3 nitrogen and oxygen atoms in total. The number of carbonyl (C=O) groups excluding carboxylic acids is 1. The first-order chi connectivity index (χ1) is 9.65. The maximum Gasteiger partial charge on any atom is 0.240 e. The zero-order chi connectivity index (χ0) is 14.6. The van der Waals surface area contributed by atoms with Gasteiger partial charge >= 0.3 is 0 Å². The van der Waals surface area contributed by atoms with Crippen LogP contribution in [-0.2, 0) is 4.79 Å². The molecule has 2 rings (SSSR count). The van der Waals surface area contributed by atoms with E-state index >= 15 is 0 Å². The van der Waals surface area contributed by atoms with Crippen LogP contribution in [0.25, 0.3) is 0 Å². The van der Waals surface area contributed by atoms with Gasteiger partial charge in [-0.3, -0.25) is 4.79 Å². The molecule has 0 saturated heterocycles. The Bertz CT molecular complexity index is 379. The second-order valence-electron chi connectivity index (χ2n) is 6.84. The summed E-state index contributed by atoms with van der Waals surface area (Å²) in [6.45, 7) is 4.88. The normalized spacial score (nSPS) is 28.4. The van der Waals surface area contributed by atoms with Crippen molar-refractivity contribution in [2.45, 2.75) is 65.2 Å². The number of nitrogens with zero attached hydrogens (tertiary/aromatic N) is 1. The van der Waals surface area contributed by atoms with Crippen molar-refractivity contribution in [1.82, 2.24) is 5.32 Å². The predicted octanol–water partition coefficient (Wildman–Crippen LogP) is 3.65. The highest BCUT2D eigenvalue weighted by Crippen LogP contribution is 2.48. The van der Waals surface area contributed by atoms with Gasteiger partial charge < -0.3 is 5.32 Å². The number of hydrogen-bond donors (Lipinski definition) is 1. The molecule has 20 heavy (non-hydrogen) atoms. The highest BCUT2D eigenvalue weighted by atomic mass is 16.2. The molecular formula is C17H28N2O. The summed E-state index contributed by atoms with van der Waals surface area (Å²) in [6.07, 6.45) is 8.52. The van der Waals surface area contributed by atoms with Crippen molar-refractivity contribution in [3.8, 4) is 6.07 Å². The molecule has 3 heteroatoms. The number of nitrogens with one attached hydrogen (secondary N) is 1. The third-order valence-corrected chi connectivity index (χ3v) is 5.41. The summed E-state index contributed by atoms with van der Waals surface area (Å²) in [6, 6.07) is 2.31. The Morgan fingerprint density at radius 2 is 1.95 bits per heavy atom. The Hall–Kier alpha value is -1.04. The Morgan fingerprint density at radius 1 is 1.25 bits per heavy atom. The average Bonchev–Trinajstić information content (AvgIpc) is 3.06. The Morgan fingerprint density at radius 3 is 2.40 bits per heavy atom. The van der Waals surface area contributed by atoms with E-state index in [4.69, 9.17) is 0 Å². The van der Waals surface area contributed by atoms with Crippen molar-refractivity contribution in [2.75, 3.05) is 6.54 Å². The lowest BCUT2D eigenvalue weighted by Crippen LogP contribution is -2.42. The van der Waals surface area contributed by atoms with Crippen LogP contribution in [0.2, 0.25) is 0 Å². The standard InChI is InChI=1S/C17H28N2O/c1-3-7-17(12-18,8-4-2)16(20)19-11-15-10-13-5-6-14(15)9-13/h13-15H,3-11H2,1-2H3,(H,19,20). The summed E-state index contributed by atoms with van der Waals surface area (Å²) in [5, 5.41) is 12.6. The van der Waals surface area contributed by atoms with Gasteiger partial charge in [0.2, 0.25) is 5.91 Å². The molecule has 3 atom stereocenters. The summed E-state index contributed by atoms with van der Waals surface area (Å²) < 4.78 is 0. The zero-order valence-corrected chi connectivity index (χ0v) is 13.0. The van der Waals surface area contributed by atoms with Crippen LogP contribution in [0, 0.1) is 34.5 Å². The Balaban J connectivity index is 1.90. The van der Waals surface area contributed by atoms with Gasteiger partial charge in [0, 0.05) is 6.54 Å². The minimum atomic E-state index is -0.791. The van der Waals surface area contributed by atoms with E-state index in [1.54, 1.807) is 0 Å². The van der Waals surface area contributed by atoms with Crippen LogP contribution in [0.5, 0.6) is 0 Å². The summed E-state index contributed by atoms with van der Waals surface area (Å²) in [5.74, 6) is 2.38. The summed E-state index contributed by atoms with van der Waals surface area (Å²) in [7, 11) is 0. The van der Waals surface area contributed by atoms with Crippen LogP contribution in [0.15, 0.2) is 0 Å². The van der Waals surface area contributed by atoms with Crippen molar-refractivity contribution in [2.24, 2.45) is 23.2 Å². The van der Waals surface area contributed by atoms with Crippen LogP contribution in [-0.4, -0.2) is 12.5 Å². The molecule has 1 N–H and O–H groups in total. The van der Waals surface area contributed by atoms with E-state index in [1.165, 1.54) is 25.7 Å². The minimum Gasteiger partial charge on any atom is -0.354 e. The van der Waals surface area contributed by atoms with E-state index in [-0.39, 0.29) is 5.91 Å². The highest BCUT2D eigenvalue weighted by molar-refractivity contribution is 5.85. The number of nitriles is 1. The average molecular weight is 276 g/mol. The number of carbonyl (C=O) groups is 1. The van der Waals surface area contributed by atoms with Gasteiger partial charge in [-0.25, -0.2) is 0 Å². The van der Waals surface area contributed by atoms with Crippen LogP contribution in [0.1, 0.15) is 65.2 Å². The van der Waals surface area contributed by atoms with E-state index < -0.39 is 5.41 Å². The molecule has 0 heterocycles. The van der Waals surface area contributed by atoms with E-state index in [0.717, 1.165) is 31.2 Å². The molecular weight excluding hydrogens is 248 g/mol. The van der Waals surface area contributed by atoms with Crippen molar-refractivity contribution < 1.29 is 4.79 Å². The van der Waals surface area contributed by atoms with Gasteiger partial charge in [-0.2, -0.15) is 5.26 Å². The lowest BCUT2D eigenvalue weighted by atomic mass is 9.79. The fourth-order valence-corrected chi connectivity index (χ4v) is 4.39. The predicted molar refractivity (Wildman–Crippen MR) is 79.8 cm³/mol. The Kier molecular flexibility index (Phi) is 5.07. The second-order valence-corrected chi connectivity index (χ2v) is 6.84. The largest absolute Gasteiger partial charge is 0.354 e. The van der Waals surface area contributed by atoms with Gasteiger partial charge in [0.25, 0.3) is 0 Å². The molecule has 0 aliphatic heterocycles. The first-order valence-electron chi connectivity index (χ1n) is 8.34.